The van der Waals surface area contributed by atoms with Gasteiger partial charge in [-0.25, -0.2) is 0 Å². The minimum atomic E-state index is -0.593. The van der Waals surface area contributed by atoms with Crippen molar-refractivity contribution in [2.75, 3.05) is 6.61 Å². The number of carbonyl (C=O) groups excluding carboxylic acids is 1. The predicted octanol–water partition coefficient (Wildman–Crippen LogP) is 5.81. The number of para-hydroxylation sites is 1. The molecule has 160 valence electrons. The fourth-order valence-electron chi connectivity index (χ4n) is 4.28. The van der Waals surface area contributed by atoms with Crippen molar-refractivity contribution >= 4 is 17.5 Å². The molecule has 4 heteroatoms. The van der Waals surface area contributed by atoms with Crippen LogP contribution in [0.2, 0.25) is 5.02 Å². The molecular weight excluding hydrogens is 406 g/mol. The van der Waals surface area contributed by atoms with Crippen LogP contribution in [0.15, 0.2) is 78.9 Å². The van der Waals surface area contributed by atoms with Crippen LogP contribution in [-0.4, -0.2) is 18.6 Å². The summed E-state index contributed by atoms with van der Waals surface area (Å²) in [6.07, 6.45) is 1.49. The van der Waals surface area contributed by atoms with Gasteiger partial charge in [-0.15, -0.1) is 0 Å². The second-order valence-corrected chi connectivity index (χ2v) is 9.18. The highest BCUT2D eigenvalue weighted by Gasteiger charge is 2.39. The van der Waals surface area contributed by atoms with Gasteiger partial charge >= 0.3 is 0 Å². The molecule has 0 aliphatic carbocycles. The molecule has 3 nitrogen and oxygen atoms in total. The van der Waals surface area contributed by atoms with Crippen LogP contribution in [-0.2, 0) is 17.6 Å². The topological polar surface area (TPSA) is 38.3 Å². The number of benzene rings is 3. The normalized spacial score (nSPS) is 19.6. The Balaban J connectivity index is 1.52. The minimum Gasteiger partial charge on any atom is -0.492 e. The number of ether oxygens (including phenoxy) is 1. The third kappa shape index (κ3) is 4.94. The lowest BCUT2D eigenvalue weighted by atomic mass is 9.80. The maximum absolute atomic E-state index is 13.4. The van der Waals surface area contributed by atoms with Crippen molar-refractivity contribution in [3.8, 4) is 5.75 Å². The first-order valence-corrected chi connectivity index (χ1v) is 11.1. The van der Waals surface area contributed by atoms with E-state index in [0.29, 0.717) is 13.0 Å². The predicted molar refractivity (Wildman–Crippen MR) is 126 cm³/mol. The Bertz CT molecular complexity index is 1030. The van der Waals surface area contributed by atoms with E-state index in [1.807, 2.05) is 61.5 Å². The summed E-state index contributed by atoms with van der Waals surface area (Å²) in [5, 5.41) is 4.03. The second-order valence-electron chi connectivity index (χ2n) is 8.74. The number of rotatable bonds is 6. The summed E-state index contributed by atoms with van der Waals surface area (Å²) in [5.41, 5.74) is 2.89. The van der Waals surface area contributed by atoms with Crippen molar-refractivity contribution in [3.05, 3.63) is 101 Å². The number of carbonyl (C=O) groups is 1. The van der Waals surface area contributed by atoms with Gasteiger partial charge in [0.05, 0.1) is 5.41 Å². The maximum Gasteiger partial charge on any atom is 0.229 e. The summed E-state index contributed by atoms with van der Waals surface area (Å²) < 4.78 is 5.92. The molecule has 3 atom stereocenters. The molecule has 3 aromatic rings. The van der Waals surface area contributed by atoms with Crippen LogP contribution in [0.3, 0.4) is 0 Å². The van der Waals surface area contributed by atoms with Gasteiger partial charge in [0.25, 0.3) is 0 Å². The fraction of sp³-hybridized carbons (Fsp3) is 0.296. The van der Waals surface area contributed by atoms with Crippen LogP contribution in [0.1, 0.15) is 36.5 Å². The average Bonchev–Trinajstić information content (AvgIpc) is 2.79. The Kier molecular flexibility index (Phi) is 6.33. The van der Waals surface area contributed by atoms with E-state index < -0.39 is 5.41 Å². The summed E-state index contributed by atoms with van der Waals surface area (Å²) in [5.74, 6) is 1.06. The molecule has 4 rings (SSSR count). The van der Waals surface area contributed by atoms with E-state index in [1.54, 1.807) is 0 Å². The lowest BCUT2D eigenvalue weighted by Crippen LogP contribution is -2.50. The molecule has 1 N–H and O–H groups in total. The standard InChI is InChI=1S/C27H28ClNO2/c1-19(29-26(30)27(2)17-22-10-6-7-11-25(22)31-18-27)24(21-8-4-3-5-9-21)16-20-12-14-23(28)15-13-20/h3-15,19,24H,16-18H2,1-2H3,(H,29,30). The van der Waals surface area contributed by atoms with Crippen LogP contribution >= 0.6 is 11.6 Å². The van der Waals surface area contributed by atoms with E-state index >= 15 is 0 Å². The van der Waals surface area contributed by atoms with E-state index in [0.717, 1.165) is 22.8 Å². The summed E-state index contributed by atoms with van der Waals surface area (Å²) in [6, 6.07) is 26.2. The quantitative estimate of drug-likeness (QED) is 0.532. The molecule has 0 radical (unpaired) electrons. The Labute approximate surface area is 189 Å². The van der Waals surface area contributed by atoms with Gasteiger partial charge in [-0.2, -0.15) is 0 Å². The Morgan fingerprint density at radius 3 is 2.45 bits per heavy atom. The molecule has 0 bridgehead atoms. The molecule has 0 aromatic heterocycles. The molecular formula is C27H28ClNO2. The highest BCUT2D eigenvalue weighted by atomic mass is 35.5. The monoisotopic (exact) mass is 433 g/mol. The number of nitrogens with one attached hydrogen (secondary N) is 1. The average molecular weight is 434 g/mol. The summed E-state index contributed by atoms with van der Waals surface area (Å²) in [4.78, 5) is 13.4. The van der Waals surface area contributed by atoms with Gasteiger partial charge in [0.15, 0.2) is 0 Å². The second kappa shape index (κ2) is 9.15. The van der Waals surface area contributed by atoms with E-state index in [2.05, 4.69) is 36.5 Å². The zero-order valence-electron chi connectivity index (χ0n) is 18.0. The molecule has 1 amide bonds. The molecule has 0 fully saturated rings. The molecule has 1 aliphatic rings. The first-order valence-electron chi connectivity index (χ1n) is 10.8. The van der Waals surface area contributed by atoms with Crippen molar-refractivity contribution < 1.29 is 9.53 Å². The molecule has 0 spiro atoms. The Morgan fingerprint density at radius 2 is 1.71 bits per heavy atom. The van der Waals surface area contributed by atoms with Crippen LogP contribution in [0, 0.1) is 5.41 Å². The van der Waals surface area contributed by atoms with Crippen LogP contribution in [0.5, 0.6) is 5.75 Å². The summed E-state index contributed by atoms with van der Waals surface area (Å²) in [6.45, 7) is 4.46. The zero-order valence-corrected chi connectivity index (χ0v) is 18.7. The number of amides is 1. The van der Waals surface area contributed by atoms with Gasteiger partial charge in [0.1, 0.15) is 12.4 Å². The van der Waals surface area contributed by atoms with Gasteiger partial charge < -0.3 is 10.1 Å². The molecule has 1 heterocycles. The molecule has 0 saturated heterocycles. The largest absolute Gasteiger partial charge is 0.492 e. The summed E-state index contributed by atoms with van der Waals surface area (Å²) in [7, 11) is 0. The maximum atomic E-state index is 13.4. The number of fused-ring (bicyclic) bond motifs is 1. The first-order chi connectivity index (χ1) is 14.9. The molecule has 31 heavy (non-hydrogen) atoms. The van der Waals surface area contributed by atoms with Crippen molar-refractivity contribution in [2.45, 2.75) is 38.6 Å². The van der Waals surface area contributed by atoms with Crippen LogP contribution < -0.4 is 10.1 Å². The number of hydrogen-bond donors (Lipinski definition) is 1. The SMILES string of the molecule is CC(NC(=O)C1(C)COc2ccccc2C1)C(Cc1ccc(Cl)cc1)c1ccccc1. The third-order valence-corrected chi connectivity index (χ3v) is 6.46. The van der Waals surface area contributed by atoms with E-state index in [-0.39, 0.29) is 17.9 Å². The van der Waals surface area contributed by atoms with Gasteiger partial charge in [0, 0.05) is 17.0 Å². The van der Waals surface area contributed by atoms with Gasteiger partial charge in [-0.1, -0.05) is 72.3 Å². The molecule has 0 saturated carbocycles. The summed E-state index contributed by atoms with van der Waals surface area (Å²) >= 11 is 6.07. The number of halogens is 1. The van der Waals surface area contributed by atoms with Gasteiger partial charge in [-0.3, -0.25) is 4.79 Å². The number of hydrogen-bond acceptors (Lipinski definition) is 2. The fourth-order valence-corrected chi connectivity index (χ4v) is 4.41. The smallest absolute Gasteiger partial charge is 0.229 e. The lowest BCUT2D eigenvalue weighted by Gasteiger charge is -2.36. The van der Waals surface area contributed by atoms with Crippen LogP contribution in [0.25, 0.3) is 0 Å². The third-order valence-electron chi connectivity index (χ3n) is 6.21. The van der Waals surface area contributed by atoms with E-state index in [4.69, 9.17) is 16.3 Å². The molecule has 3 aromatic carbocycles. The first kappa shape index (κ1) is 21.5. The highest BCUT2D eigenvalue weighted by molar-refractivity contribution is 6.30. The zero-order chi connectivity index (χ0) is 21.8. The Morgan fingerprint density at radius 1 is 1.03 bits per heavy atom. The minimum absolute atomic E-state index is 0.0338. The van der Waals surface area contributed by atoms with Crippen molar-refractivity contribution in [1.82, 2.24) is 5.32 Å². The highest BCUT2D eigenvalue weighted by Crippen LogP contribution is 2.35. The van der Waals surface area contributed by atoms with Crippen molar-refractivity contribution in [2.24, 2.45) is 5.41 Å². The van der Waals surface area contributed by atoms with Crippen LogP contribution in [0.4, 0.5) is 0 Å². The van der Waals surface area contributed by atoms with E-state index in [1.165, 1.54) is 11.1 Å². The lowest BCUT2D eigenvalue weighted by molar-refractivity contribution is -0.133. The Hall–Kier alpha value is -2.78. The molecule has 1 aliphatic heterocycles. The van der Waals surface area contributed by atoms with Gasteiger partial charge in [-0.05, 0) is 61.6 Å². The van der Waals surface area contributed by atoms with Gasteiger partial charge in [0.2, 0.25) is 5.91 Å². The molecule has 3 unspecified atom stereocenters. The van der Waals surface area contributed by atoms with Crippen molar-refractivity contribution in [3.63, 3.8) is 0 Å². The van der Waals surface area contributed by atoms with Crippen molar-refractivity contribution in [1.29, 1.82) is 0 Å². The van der Waals surface area contributed by atoms with E-state index in [9.17, 15) is 4.79 Å².